The molecule has 19 heavy (non-hydrogen) atoms. The third-order valence-electron chi connectivity index (χ3n) is 3.29. The molecule has 1 fully saturated rings. The molecule has 0 aromatic carbocycles. The van der Waals surface area contributed by atoms with Crippen molar-refractivity contribution in [1.82, 2.24) is 9.88 Å². The lowest BCUT2D eigenvalue weighted by Gasteiger charge is -2.20. The third kappa shape index (κ3) is 3.10. The van der Waals surface area contributed by atoms with Crippen LogP contribution in [0, 0.1) is 12.8 Å². The van der Waals surface area contributed by atoms with Crippen molar-refractivity contribution in [2.75, 3.05) is 11.9 Å². The molecule has 0 aliphatic carbocycles. The summed E-state index contributed by atoms with van der Waals surface area (Å²) in [5.41, 5.74) is 0.851. The number of likely N-dealkylation sites (tertiary alicyclic amines) is 1. The highest BCUT2D eigenvalue weighted by Gasteiger charge is 2.35. The fourth-order valence-electron chi connectivity index (χ4n) is 2.25. The van der Waals surface area contributed by atoms with Gasteiger partial charge in [-0.05, 0) is 32.9 Å². The first-order valence-corrected chi connectivity index (χ1v) is 6.51. The number of hydrogen-bond donors (Lipinski definition) is 1. The zero-order valence-corrected chi connectivity index (χ0v) is 11.5. The number of amides is 2. The molecule has 1 aromatic rings. The smallest absolute Gasteiger partial charge is 0.230 e. The Kier molecular flexibility index (Phi) is 3.83. The number of rotatable bonds is 3. The van der Waals surface area contributed by atoms with Crippen molar-refractivity contribution in [2.45, 2.75) is 33.2 Å². The number of carbonyl (C=O) groups excluding carboxylic acids is 2. The van der Waals surface area contributed by atoms with Gasteiger partial charge in [0.15, 0.2) is 0 Å². The summed E-state index contributed by atoms with van der Waals surface area (Å²) >= 11 is 0. The predicted octanol–water partition coefficient (Wildman–Crippen LogP) is 1.59. The first-order chi connectivity index (χ1) is 8.97. The van der Waals surface area contributed by atoms with E-state index in [0.717, 1.165) is 5.69 Å². The minimum atomic E-state index is -0.280. The van der Waals surface area contributed by atoms with Gasteiger partial charge in [-0.25, -0.2) is 4.98 Å². The minimum Gasteiger partial charge on any atom is -0.339 e. The van der Waals surface area contributed by atoms with Crippen LogP contribution in [0.4, 0.5) is 5.82 Å². The second-order valence-electron chi connectivity index (χ2n) is 5.19. The SMILES string of the molecule is Cc1cccc(NC(=O)C2CC(=O)N(C(C)C)C2)n1. The van der Waals surface area contributed by atoms with Gasteiger partial charge in [0.1, 0.15) is 5.82 Å². The molecule has 1 aliphatic heterocycles. The number of hydrogen-bond acceptors (Lipinski definition) is 3. The van der Waals surface area contributed by atoms with Gasteiger partial charge in [0.2, 0.25) is 11.8 Å². The van der Waals surface area contributed by atoms with Gasteiger partial charge >= 0.3 is 0 Å². The van der Waals surface area contributed by atoms with Gasteiger partial charge in [-0.2, -0.15) is 0 Å². The molecule has 1 aromatic heterocycles. The Morgan fingerprint density at radius 1 is 1.47 bits per heavy atom. The van der Waals surface area contributed by atoms with Crippen LogP contribution in [0.15, 0.2) is 18.2 Å². The van der Waals surface area contributed by atoms with Crippen molar-refractivity contribution in [3.05, 3.63) is 23.9 Å². The van der Waals surface area contributed by atoms with Crippen LogP contribution in [-0.2, 0) is 9.59 Å². The number of anilines is 1. The molecule has 1 unspecified atom stereocenters. The van der Waals surface area contributed by atoms with Crippen LogP contribution in [0.25, 0.3) is 0 Å². The van der Waals surface area contributed by atoms with Crippen molar-refractivity contribution < 1.29 is 9.59 Å². The van der Waals surface area contributed by atoms with Crippen LogP contribution < -0.4 is 5.32 Å². The maximum atomic E-state index is 12.1. The molecular weight excluding hydrogens is 242 g/mol. The van der Waals surface area contributed by atoms with Crippen LogP contribution in [0.2, 0.25) is 0 Å². The molecule has 1 N–H and O–H groups in total. The van der Waals surface area contributed by atoms with Crippen molar-refractivity contribution in [2.24, 2.45) is 5.92 Å². The Morgan fingerprint density at radius 3 is 2.79 bits per heavy atom. The summed E-state index contributed by atoms with van der Waals surface area (Å²) in [7, 11) is 0. The molecule has 0 bridgehead atoms. The third-order valence-corrected chi connectivity index (χ3v) is 3.29. The number of nitrogens with one attached hydrogen (secondary N) is 1. The fourth-order valence-corrected chi connectivity index (χ4v) is 2.25. The maximum absolute atomic E-state index is 12.1. The van der Waals surface area contributed by atoms with E-state index >= 15 is 0 Å². The Bertz CT molecular complexity index is 499. The van der Waals surface area contributed by atoms with Crippen LogP contribution in [0.5, 0.6) is 0 Å². The molecule has 1 aliphatic rings. The van der Waals surface area contributed by atoms with E-state index in [-0.39, 0.29) is 30.2 Å². The molecule has 2 heterocycles. The Balaban J connectivity index is 2.00. The number of pyridine rings is 1. The summed E-state index contributed by atoms with van der Waals surface area (Å²) in [5.74, 6) is 0.180. The summed E-state index contributed by atoms with van der Waals surface area (Å²) in [6.45, 7) is 6.28. The average molecular weight is 261 g/mol. The quantitative estimate of drug-likeness (QED) is 0.898. The highest BCUT2D eigenvalue weighted by Crippen LogP contribution is 2.21. The first-order valence-electron chi connectivity index (χ1n) is 6.51. The predicted molar refractivity (Wildman–Crippen MR) is 72.6 cm³/mol. The lowest BCUT2D eigenvalue weighted by Crippen LogP contribution is -2.33. The zero-order valence-electron chi connectivity index (χ0n) is 11.5. The lowest BCUT2D eigenvalue weighted by molar-refractivity contribution is -0.129. The molecule has 5 nitrogen and oxygen atoms in total. The molecule has 0 spiro atoms. The molecule has 0 saturated carbocycles. The van der Waals surface area contributed by atoms with Crippen LogP contribution in [-0.4, -0.2) is 34.3 Å². The van der Waals surface area contributed by atoms with Gasteiger partial charge in [-0.1, -0.05) is 6.07 Å². The summed E-state index contributed by atoms with van der Waals surface area (Å²) in [4.78, 5) is 29.8. The summed E-state index contributed by atoms with van der Waals surface area (Å²) < 4.78 is 0. The summed E-state index contributed by atoms with van der Waals surface area (Å²) in [6, 6.07) is 5.61. The number of nitrogens with zero attached hydrogens (tertiary/aromatic N) is 2. The first kappa shape index (κ1) is 13.5. The summed E-state index contributed by atoms with van der Waals surface area (Å²) in [5, 5.41) is 2.78. The van der Waals surface area contributed by atoms with E-state index in [0.29, 0.717) is 12.4 Å². The Labute approximate surface area is 113 Å². The lowest BCUT2D eigenvalue weighted by atomic mass is 10.1. The van der Waals surface area contributed by atoms with Gasteiger partial charge < -0.3 is 10.2 Å². The molecule has 2 amide bonds. The van der Waals surface area contributed by atoms with Crippen molar-refractivity contribution in [3.8, 4) is 0 Å². The average Bonchev–Trinajstić information content (AvgIpc) is 2.71. The van der Waals surface area contributed by atoms with E-state index in [1.54, 1.807) is 11.0 Å². The molecule has 1 atom stereocenters. The highest BCUT2D eigenvalue weighted by molar-refractivity contribution is 5.96. The molecular formula is C14H19N3O2. The van der Waals surface area contributed by atoms with E-state index in [4.69, 9.17) is 0 Å². The monoisotopic (exact) mass is 261 g/mol. The summed E-state index contributed by atoms with van der Waals surface area (Å²) in [6.07, 6.45) is 0.288. The van der Waals surface area contributed by atoms with Gasteiger partial charge in [-0.3, -0.25) is 9.59 Å². The van der Waals surface area contributed by atoms with Crippen LogP contribution >= 0.6 is 0 Å². The second kappa shape index (κ2) is 5.38. The second-order valence-corrected chi connectivity index (χ2v) is 5.19. The Hall–Kier alpha value is -1.91. The fraction of sp³-hybridized carbons (Fsp3) is 0.500. The van der Waals surface area contributed by atoms with Crippen LogP contribution in [0.1, 0.15) is 26.0 Å². The van der Waals surface area contributed by atoms with Gasteiger partial charge in [0.25, 0.3) is 0 Å². The van der Waals surface area contributed by atoms with E-state index in [1.807, 2.05) is 32.9 Å². The van der Waals surface area contributed by atoms with Gasteiger partial charge in [0.05, 0.1) is 5.92 Å². The van der Waals surface area contributed by atoms with Crippen molar-refractivity contribution >= 4 is 17.6 Å². The van der Waals surface area contributed by atoms with Crippen molar-refractivity contribution in [3.63, 3.8) is 0 Å². The van der Waals surface area contributed by atoms with Crippen molar-refractivity contribution in [1.29, 1.82) is 0 Å². The normalized spacial score (nSPS) is 19.1. The van der Waals surface area contributed by atoms with E-state index in [1.165, 1.54) is 0 Å². The van der Waals surface area contributed by atoms with E-state index in [2.05, 4.69) is 10.3 Å². The number of aryl methyl sites for hydroxylation is 1. The molecule has 2 rings (SSSR count). The maximum Gasteiger partial charge on any atom is 0.230 e. The highest BCUT2D eigenvalue weighted by atomic mass is 16.2. The molecule has 0 radical (unpaired) electrons. The van der Waals surface area contributed by atoms with Crippen LogP contribution in [0.3, 0.4) is 0 Å². The Morgan fingerprint density at radius 2 is 2.21 bits per heavy atom. The van der Waals surface area contributed by atoms with E-state index in [9.17, 15) is 9.59 Å². The minimum absolute atomic E-state index is 0.0485. The molecule has 5 heteroatoms. The topological polar surface area (TPSA) is 62.3 Å². The zero-order chi connectivity index (χ0) is 14.0. The number of carbonyl (C=O) groups is 2. The van der Waals surface area contributed by atoms with E-state index < -0.39 is 0 Å². The molecule has 1 saturated heterocycles. The van der Waals surface area contributed by atoms with Gasteiger partial charge in [0, 0.05) is 24.7 Å². The number of aromatic nitrogens is 1. The molecule has 102 valence electrons. The largest absolute Gasteiger partial charge is 0.339 e. The standard InChI is InChI=1S/C14H19N3O2/c1-9(2)17-8-11(7-13(17)18)14(19)16-12-6-4-5-10(3)15-12/h4-6,9,11H,7-8H2,1-3H3,(H,15,16,19). The van der Waals surface area contributed by atoms with Gasteiger partial charge in [-0.15, -0.1) is 0 Å².